The van der Waals surface area contributed by atoms with Gasteiger partial charge in [0.25, 0.3) is 5.56 Å². The number of fused-ring (bicyclic) bond motifs is 2. The Morgan fingerprint density at radius 3 is 2.88 bits per heavy atom. The van der Waals surface area contributed by atoms with Crippen LogP contribution in [0.25, 0.3) is 0 Å². The van der Waals surface area contributed by atoms with E-state index in [1.165, 1.54) is 0 Å². The average molecular weight is 235 g/mol. The number of anilines is 1. The first-order chi connectivity index (χ1) is 8.19. The molecule has 3 rings (SSSR count). The minimum atomic E-state index is -0.0993. The van der Waals surface area contributed by atoms with Crippen LogP contribution in [0.3, 0.4) is 0 Å². The van der Waals surface area contributed by atoms with Gasteiger partial charge >= 0.3 is 0 Å². The minimum Gasteiger partial charge on any atom is -0.383 e. The zero-order chi connectivity index (χ0) is 12.0. The molecule has 0 radical (unpaired) electrons. The summed E-state index contributed by atoms with van der Waals surface area (Å²) >= 11 is 0. The highest BCUT2D eigenvalue weighted by molar-refractivity contribution is 5.38. The average Bonchev–Trinajstić information content (AvgIpc) is 2.90. The lowest BCUT2D eigenvalue weighted by molar-refractivity contribution is 0.0998. The van der Waals surface area contributed by atoms with Gasteiger partial charge < -0.3 is 15.5 Å². The standard InChI is InChI=1S/C12H17N3O2/c1-2-7-10(13)14-11(15-12(7)16)8-5-6-3-4-9(8)17-6/h6,8-9H,2-5H2,1H3,(H3,13,14,15,16). The molecule has 5 heteroatoms. The Morgan fingerprint density at radius 2 is 2.35 bits per heavy atom. The number of aromatic nitrogens is 2. The zero-order valence-corrected chi connectivity index (χ0v) is 9.90. The number of nitrogen functional groups attached to an aromatic ring is 1. The molecule has 1 aromatic rings. The summed E-state index contributed by atoms with van der Waals surface area (Å²) in [4.78, 5) is 19.1. The van der Waals surface area contributed by atoms with Crippen LogP contribution in [0, 0.1) is 0 Å². The van der Waals surface area contributed by atoms with Gasteiger partial charge in [-0.1, -0.05) is 6.92 Å². The second-order valence-corrected chi connectivity index (χ2v) is 4.88. The maximum atomic E-state index is 11.8. The molecule has 0 aliphatic carbocycles. The van der Waals surface area contributed by atoms with E-state index in [1.807, 2.05) is 6.92 Å². The van der Waals surface area contributed by atoms with Gasteiger partial charge in [0.15, 0.2) is 0 Å². The highest BCUT2D eigenvalue weighted by Crippen LogP contribution is 2.43. The molecule has 1 aromatic heterocycles. The van der Waals surface area contributed by atoms with Crippen LogP contribution in [0.15, 0.2) is 4.79 Å². The summed E-state index contributed by atoms with van der Waals surface area (Å²) in [7, 11) is 0. The van der Waals surface area contributed by atoms with Gasteiger partial charge in [0.2, 0.25) is 0 Å². The van der Waals surface area contributed by atoms with Crippen molar-refractivity contribution >= 4 is 5.82 Å². The van der Waals surface area contributed by atoms with Crippen LogP contribution in [0.5, 0.6) is 0 Å². The molecule has 2 aliphatic heterocycles. The lowest BCUT2D eigenvalue weighted by atomic mass is 9.88. The van der Waals surface area contributed by atoms with Crippen LogP contribution in [0.1, 0.15) is 43.5 Å². The van der Waals surface area contributed by atoms with E-state index >= 15 is 0 Å². The largest absolute Gasteiger partial charge is 0.383 e. The van der Waals surface area contributed by atoms with Crippen LogP contribution in [-0.2, 0) is 11.2 Å². The topological polar surface area (TPSA) is 81.0 Å². The number of nitrogens with one attached hydrogen (secondary N) is 1. The number of aromatic amines is 1. The summed E-state index contributed by atoms with van der Waals surface area (Å²) in [6.07, 6.45) is 4.33. The fourth-order valence-corrected chi connectivity index (χ4v) is 2.98. The Labute approximate surface area is 99.4 Å². The van der Waals surface area contributed by atoms with Crippen molar-refractivity contribution in [3.05, 3.63) is 21.7 Å². The lowest BCUT2D eigenvalue weighted by Gasteiger charge is -2.18. The maximum absolute atomic E-state index is 11.8. The van der Waals surface area contributed by atoms with Crippen LogP contribution in [-0.4, -0.2) is 22.2 Å². The first-order valence-corrected chi connectivity index (χ1v) is 6.23. The molecule has 2 saturated heterocycles. The molecule has 0 amide bonds. The second-order valence-electron chi connectivity index (χ2n) is 4.88. The van der Waals surface area contributed by atoms with Crippen molar-refractivity contribution in [2.75, 3.05) is 5.73 Å². The van der Waals surface area contributed by atoms with E-state index in [2.05, 4.69) is 9.97 Å². The number of H-pyrrole nitrogens is 1. The Hall–Kier alpha value is -1.36. The number of rotatable bonds is 2. The van der Waals surface area contributed by atoms with Gasteiger partial charge in [0.05, 0.1) is 17.8 Å². The molecule has 2 fully saturated rings. The van der Waals surface area contributed by atoms with Crippen LogP contribution in [0.2, 0.25) is 0 Å². The lowest BCUT2D eigenvalue weighted by Crippen LogP contribution is -2.24. The van der Waals surface area contributed by atoms with Crippen LogP contribution < -0.4 is 11.3 Å². The predicted octanol–water partition coefficient (Wildman–Crippen LogP) is 0.949. The molecule has 0 saturated carbocycles. The molecule has 17 heavy (non-hydrogen) atoms. The van der Waals surface area contributed by atoms with Crippen LogP contribution >= 0.6 is 0 Å². The summed E-state index contributed by atoms with van der Waals surface area (Å²) in [6.45, 7) is 1.91. The number of nitrogens with zero attached hydrogens (tertiary/aromatic N) is 1. The van der Waals surface area contributed by atoms with E-state index < -0.39 is 0 Å². The smallest absolute Gasteiger partial charge is 0.256 e. The van der Waals surface area contributed by atoms with Gasteiger partial charge in [-0.05, 0) is 25.7 Å². The van der Waals surface area contributed by atoms with E-state index in [4.69, 9.17) is 10.5 Å². The summed E-state index contributed by atoms with van der Waals surface area (Å²) < 4.78 is 5.77. The Balaban J connectivity index is 1.97. The van der Waals surface area contributed by atoms with E-state index in [1.54, 1.807) is 0 Å². The van der Waals surface area contributed by atoms with Gasteiger partial charge in [-0.3, -0.25) is 4.79 Å². The number of hydrogen-bond acceptors (Lipinski definition) is 4. The molecule has 0 aromatic carbocycles. The van der Waals surface area contributed by atoms with E-state index in [0.717, 1.165) is 19.3 Å². The van der Waals surface area contributed by atoms with Crippen molar-refractivity contribution in [2.45, 2.75) is 50.7 Å². The fraction of sp³-hybridized carbons (Fsp3) is 0.667. The van der Waals surface area contributed by atoms with Crippen LogP contribution in [0.4, 0.5) is 5.82 Å². The molecule has 5 nitrogen and oxygen atoms in total. The normalized spacial score (nSPS) is 31.0. The molecule has 3 N–H and O–H groups in total. The predicted molar refractivity (Wildman–Crippen MR) is 63.9 cm³/mol. The number of ether oxygens (including phenoxy) is 1. The summed E-state index contributed by atoms with van der Waals surface area (Å²) in [5.74, 6) is 1.29. The molecule has 3 atom stereocenters. The summed E-state index contributed by atoms with van der Waals surface area (Å²) in [5, 5.41) is 0. The van der Waals surface area contributed by atoms with Gasteiger partial charge in [-0.25, -0.2) is 4.98 Å². The highest BCUT2D eigenvalue weighted by Gasteiger charge is 2.42. The van der Waals surface area contributed by atoms with Crippen molar-refractivity contribution in [2.24, 2.45) is 0 Å². The Morgan fingerprint density at radius 1 is 1.53 bits per heavy atom. The van der Waals surface area contributed by atoms with E-state index in [-0.39, 0.29) is 17.6 Å². The van der Waals surface area contributed by atoms with Gasteiger partial charge in [-0.15, -0.1) is 0 Å². The molecular formula is C12H17N3O2. The molecule has 92 valence electrons. The zero-order valence-electron chi connectivity index (χ0n) is 9.90. The molecule has 2 aliphatic rings. The molecule has 3 heterocycles. The van der Waals surface area contributed by atoms with Crippen molar-refractivity contribution in [3.8, 4) is 0 Å². The van der Waals surface area contributed by atoms with E-state index in [9.17, 15) is 4.79 Å². The summed E-state index contributed by atoms with van der Waals surface area (Å²) in [6, 6.07) is 0. The van der Waals surface area contributed by atoms with Gasteiger partial charge in [0, 0.05) is 5.92 Å². The van der Waals surface area contributed by atoms with Crippen molar-refractivity contribution in [1.29, 1.82) is 0 Å². The third-order valence-electron chi connectivity index (χ3n) is 3.88. The highest BCUT2D eigenvalue weighted by atomic mass is 16.5. The monoisotopic (exact) mass is 235 g/mol. The minimum absolute atomic E-state index is 0.0993. The molecular weight excluding hydrogens is 218 g/mol. The van der Waals surface area contributed by atoms with Gasteiger partial charge in [0.1, 0.15) is 11.6 Å². The SMILES string of the molecule is CCc1c(N)nc(C2CC3CCC2O3)[nH]c1=O. The van der Waals surface area contributed by atoms with E-state index in [0.29, 0.717) is 29.7 Å². The maximum Gasteiger partial charge on any atom is 0.256 e. The van der Waals surface area contributed by atoms with Crippen molar-refractivity contribution in [3.63, 3.8) is 0 Å². The Kier molecular flexibility index (Phi) is 2.43. The first-order valence-electron chi connectivity index (χ1n) is 6.23. The molecule has 2 bridgehead atoms. The second kappa shape index (κ2) is 3.84. The Bertz CT molecular complexity index is 497. The summed E-state index contributed by atoms with van der Waals surface area (Å²) in [5.41, 5.74) is 6.31. The molecule has 0 spiro atoms. The van der Waals surface area contributed by atoms with Gasteiger partial charge in [-0.2, -0.15) is 0 Å². The quantitative estimate of drug-likeness (QED) is 0.799. The number of hydrogen-bond donors (Lipinski definition) is 2. The third kappa shape index (κ3) is 1.65. The van der Waals surface area contributed by atoms with Crippen molar-refractivity contribution in [1.82, 2.24) is 9.97 Å². The van der Waals surface area contributed by atoms with Crippen molar-refractivity contribution < 1.29 is 4.74 Å². The first kappa shape index (κ1) is 10.8. The number of nitrogens with two attached hydrogens (primary N) is 1. The third-order valence-corrected chi connectivity index (χ3v) is 3.88. The molecule has 3 unspecified atom stereocenters. The fourth-order valence-electron chi connectivity index (χ4n) is 2.98.